The van der Waals surface area contributed by atoms with Crippen molar-refractivity contribution in [3.63, 3.8) is 0 Å². The van der Waals surface area contributed by atoms with Crippen LogP contribution >= 0.6 is 0 Å². The molecular formula is C26H27NO6. The van der Waals surface area contributed by atoms with Gasteiger partial charge in [0.1, 0.15) is 30.0 Å². The molecule has 1 saturated heterocycles. The number of nitrogens with zero attached hydrogens (tertiary/aromatic N) is 1. The zero-order valence-electron chi connectivity index (χ0n) is 18.7. The van der Waals surface area contributed by atoms with E-state index >= 15 is 0 Å². The van der Waals surface area contributed by atoms with E-state index in [1.807, 2.05) is 19.1 Å². The van der Waals surface area contributed by atoms with Crippen molar-refractivity contribution < 1.29 is 28.9 Å². The van der Waals surface area contributed by atoms with E-state index in [4.69, 9.17) is 14.2 Å². The molecule has 7 heteroatoms. The third kappa shape index (κ3) is 4.36. The number of hydrogen-bond acceptors (Lipinski definition) is 6. The van der Waals surface area contributed by atoms with Gasteiger partial charge in [0, 0.05) is 25.6 Å². The number of fused-ring (bicyclic) bond motifs is 1. The fourth-order valence-electron chi connectivity index (χ4n) is 4.30. The molecule has 0 aliphatic carbocycles. The van der Waals surface area contributed by atoms with Gasteiger partial charge in [-0.3, -0.25) is 9.59 Å². The second kappa shape index (κ2) is 9.50. The number of ketones is 1. The van der Waals surface area contributed by atoms with Gasteiger partial charge in [-0.25, -0.2) is 0 Å². The number of hydrogen-bond donors (Lipinski definition) is 1. The van der Waals surface area contributed by atoms with Gasteiger partial charge in [0.2, 0.25) is 0 Å². The number of carbonyl (C=O) groups excluding carboxylic acids is 2. The molecule has 2 aromatic carbocycles. The Hall–Kier alpha value is -3.58. The smallest absolute Gasteiger partial charge is 0.295 e. The number of amides is 1. The minimum atomic E-state index is -0.768. The van der Waals surface area contributed by atoms with Crippen molar-refractivity contribution in [2.75, 3.05) is 26.9 Å². The van der Waals surface area contributed by atoms with Crippen LogP contribution in [0.4, 0.5) is 0 Å². The van der Waals surface area contributed by atoms with Crippen LogP contribution in [0.1, 0.15) is 29.7 Å². The Morgan fingerprint density at radius 1 is 1.27 bits per heavy atom. The Morgan fingerprint density at radius 2 is 2.09 bits per heavy atom. The molecule has 2 aliphatic rings. The van der Waals surface area contributed by atoms with Crippen LogP contribution in [-0.4, -0.2) is 54.7 Å². The monoisotopic (exact) mass is 449 g/mol. The van der Waals surface area contributed by atoms with Crippen molar-refractivity contribution in [2.45, 2.75) is 25.5 Å². The highest BCUT2D eigenvalue weighted by atomic mass is 16.5. The average Bonchev–Trinajstić information content (AvgIpc) is 3.31. The lowest BCUT2D eigenvalue weighted by Gasteiger charge is -2.25. The Morgan fingerprint density at radius 3 is 2.85 bits per heavy atom. The standard InChI is InChI=1S/C26H27NO6/c1-4-11-32-20-7-5-6-17(15-20)23-22(25(29)26(30)27(23)10-12-31-3)24(28)18-8-9-21-19(14-18)13-16(2)33-21/h4-9,14-16,23,28H,1,10-13H2,2-3H3/t16-,23+/m0/s1. The minimum absolute atomic E-state index is 0.0453. The van der Waals surface area contributed by atoms with Crippen molar-refractivity contribution >= 4 is 17.4 Å². The summed E-state index contributed by atoms with van der Waals surface area (Å²) in [5.41, 5.74) is 2.13. The van der Waals surface area contributed by atoms with E-state index in [1.54, 1.807) is 36.4 Å². The maximum atomic E-state index is 13.1. The molecule has 33 heavy (non-hydrogen) atoms. The minimum Gasteiger partial charge on any atom is -0.507 e. The maximum absolute atomic E-state index is 13.1. The average molecular weight is 450 g/mol. The molecular weight excluding hydrogens is 422 g/mol. The van der Waals surface area contributed by atoms with E-state index in [2.05, 4.69) is 6.58 Å². The van der Waals surface area contributed by atoms with Crippen LogP contribution in [0.15, 0.2) is 60.7 Å². The molecule has 7 nitrogen and oxygen atoms in total. The SMILES string of the molecule is C=CCOc1cccc([C@@H]2C(=C(O)c3ccc4c(c3)C[C@H](C)O4)C(=O)C(=O)N2CCOC)c1. The molecule has 0 saturated carbocycles. The molecule has 2 atom stereocenters. The summed E-state index contributed by atoms with van der Waals surface area (Å²) in [6.45, 7) is 6.41. The predicted molar refractivity (Wildman–Crippen MR) is 123 cm³/mol. The van der Waals surface area contributed by atoms with E-state index in [0.29, 0.717) is 29.9 Å². The Kier molecular flexibility index (Phi) is 6.51. The second-order valence-electron chi connectivity index (χ2n) is 8.11. The molecule has 1 amide bonds. The number of ether oxygens (including phenoxy) is 3. The van der Waals surface area contributed by atoms with Gasteiger partial charge in [0.05, 0.1) is 18.2 Å². The summed E-state index contributed by atoms with van der Waals surface area (Å²) in [6, 6.07) is 11.7. The van der Waals surface area contributed by atoms with Crippen LogP contribution < -0.4 is 9.47 Å². The number of Topliss-reactive ketones (excluding diaryl/α,β-unsaturated/α-hetero) is 1. The first-order valence-electron chi connectivity index (χ1n) is 10.9. The largest absolute Gasteiger partial charge is 0.507 e. The number of aliphatic hydroxyl groups excluding tert-OH is 1. The van der Waals surface area contributed by atoms with E-state index < -0.39 is 17.7 Å². The van der Waals surface area contributed by atoms with Gasteiger partial charge in [-0.05, 0) is 48.4 Å². The Bertz CT molecular complexity index is 1120. The first-order valence-corrected chi connectivity index (χ1v) is 10.9. The molecule has 0 radical (unpaired) electrons. The first-order chi connectivity index (χ1) is 15.9. The molecule has 0 unspecified atom stereocenters. The van der Waals surface area contributed by atoms with Crippen molar-refractivity contribution in [3.8, 4) is 11.5 Å². The summed E-state index contributed by atoms with van der Waals surface area (Å²) < 4.78 is 16.5. The third-order valence-corrected chi connectivity index (χ3v) is 5.79. The topological polar surface area (TPSA) is 85.3 Å². The number of likely N-dealkylation sites (tertiary alicyclic amines) is 1. The number of aliphatic hydroxyl groups is 1. The molecule has 0 bridgehead atoms. The van der Waals surface area contributed by atoms with Crippen LogP contribution in [0.5, 0.6) is 11.5 Å². The summed E-state index contributed by atoms with van der Waals surface area (Å²) in [5, 5.41) is 11.3. The molecule has 2 aliphatic heterocycles. The fraction of sp³-hybridized carbons (Fsp3) is 0.308. The van der Waals surface area contributed by atoms with E-state index in [1.165, 1.54) is 12.0 Å². The van der Waals surface area contributed by atoms with Gasteiger partial charge in [-0.2, -0.15) is 0 Å². The lowest BCUT2D eigenvalue weighted by atomic mass is 9.94. The van der Waals surface area contributed by atoms with Crippen LogP contribution in [0.3, 0.4) is 0 Å². The zero-order chi connectivity index (χ0) is 23.5. The fourth-order valence-corrected chi connectivity index (χ4v) is 4.30. The van der Waals surface area contributed by atoms with Crippen molar-refractivity contribution in [1.82, 2.24) is 4.90 Å². The van der Waals surface area contributed by atoms with Gasteiger partial charge in [0.25, 0.3) is 11.7 Å². The van der Waals surface area contributed by atoms with E-state index in [9.17, 15) is 14.7 Å². The van der Waals surface area contributed by atoms with Crippen LogP contribution in [0.2, 0.25) is 0 Å². The highest BCUT2D eigenvalue weighted by Gasteiger charge is 2.46. The summed E-state index contributed by atoms with van der Waals surface area (Å²) in [4.78, 5) is 27.5. The Labute approximate surface area is 192 Å². The van der Waals surface area contributed by atoms with E-state index in [-0.39, 0.29) is 30.6 Å². The van der Waals surface area contributed by atoms with Crippen LogP contribution in [0, 0.1) is 0 Å². The Balaban J connectivity index is 1.81. The van der Waals surface area contributed by atoms with Gasteiger partial charge in [-0.1, -0.05) is 24.8 Å². The third-order valence-electron chi connectivity index (χ3n) is 5.79. The zero-order valence-corrected chi connectivity index (χ0v) is 18.7. The second-order valence-corrected chi connectivity index (χ2v) is 8.11. The van der Waals surface area contributed by atoms with Crippen molar-refractivity contribution in [2.24, 2.45) is 0 Å². The first kappa shape index (κ1) is 22.6. The summed E-state index contributed by atoms with van der Waals surface area (Å²) in [5.74, 6) is -0.264. The highest BCUT2D eigenvalue weighted by molar-refractivity contribution is 6.46. The number of carbonyl (C=O) groups is 2. The molecule has 172 valence electrons. The lowest BCUT2D eigenvalue weighted by Crippen LogP contribution is -2.32. The molecule has 2 aromatic rings. The quantitative estimate of drug-likeness (QED) is 0.287. The molecule has 2 heterocycles. The summed E-state index contributed by atoms with van der Waals surface area (Å²) in [7, 11) is 1.53. The van der Waals surface area contributed by atoms with Gasteiger partial charge < -0.3 is 24.2 Å². The summed E-state index contributed by atoms with van der Waals surface area (Å²) >= 11 is 0. The number of rotatable bonds is 8. The van der Waals surface area contributed by atoms with Gasteiger partial charge in [0.15, 0.2) is 0 Å². The van der Waals surface area contributed by atoms with Crippen molar-refractivity contribution in [3.05, 3.63) is 77.4 Å². The molecule has 0 aromatic heterocycles. The molecule has 4 rings (SSSR count). The summed E-state index contributed by atoms with van der Waals surface area (Å²) in [6.07, 6.45) is 2.40. The molecule has 0 spiro atoms. The lowest BCUT2D eigenvalue weighted by molar-refractivity contribution is -0.140. The number of methoxy groups -OCH3 is 1. The maximum Gasteiger partial charge on any atom is 0.295 e. The van der Waals surface area contributed by atoms with Crippen LogP contribution in [-0.2, 0) is 20.7 Å². The number of benzene rings is 2. The molecule has 1 fully saturated rings. The van der Waals surface area contributed by atoms with E-state index in [0.717, 1.165) is 11.3 Å². The molecule has 1 N–H and O–H groups in total. The van der Waals surface area contributed by atoms with Crippen LogP contribution in [0.25, 0.3) is 5.76 Å². The van der Waals surface area contributed by atoms with Crippen molar-refractivity contribution in [1.29, 1.82) is 0 Å². The van der Waals surface area contributed by atoms with Gasteiger partial charge >= 0.3 is 0 Å². The normalized spacial score (nSPS) is 21.1. The predicted octanol–water partition coefficient (Wildman–Crippen LogP) is 3.64. The van der Waals surface area contributed by atoms with Gasteiger partial charge in [-0.15, -0.1) is 0 Å². The highest BCUT2D eigenvalue weighted by Crippen LogP contribution is 2.41.